The van der Waals surface area contributed by atoms with Crippen LogP contribution in [0.1, 0.15) is 16.7 Å². The zero-order valence-electron chi connectivity index (χ0n) is 17.2. The predicted octanol–water partition coefficient (Wildman–Crippen LogP) is 5.05. The van der Waals surface area contributed by atoms with Crippen molar-refractivity contribution in [3.05, 3.63) is 100 Å². The molecule has 0 saturated heterocycles. The number of imide groups is 1. The molecule has 31 heavy (non-hydrogen) atoms. The van der Waals surface area contributed by atoms with Gasteiger partial charge in [-0.05, 0) is 47.9 Å². The van der Waals surface area contributed by atoms with Gasteiger partial charge in [-0.3, -0.25) is 14.5 Å². The van der Waals surface area contributed by atoms with Gasteiger partial charge in [-0.2, -0.15) is 0 Å². The zero-order valence-corrected chi connectivity index (χ0v) is 17.9. The third-order valence-corrected chi connectivity index (χ3v) is 5.42. The van der Waals surface area contributed by atoms with Gasteiger partial charge < -0.3 is 10.1 Å². The Morgan fingerprint density at radius 2 is 1.65 bits per heavy atom. The molecular weight excluding hydrogens is 412 g/mol. The number of rotatable bonds is 6. The van der Waals surface area contributed by atoms with E-state index in [1.165, 1.54) is 4.90 Å². The molecule has 0 unspecified atom stereocenters. The Labute approximate surface area is 185 Å². The van der Waals surface area contributed by atoms with E-state index < -0.39 is 0 Å². The van der Waals surface area contributed by atoms with Gasteiger partial charge in [-0.25, -0.2) is 0 Å². The Morgan fingerprint density at radius 3 is 2.32 bits per heavy atom. The third kappa shape index (κ3) is 4.18. The maximum Gasteiger partial charge on any atom is 0.278 e. The van der Waals surface area contributed by atoms with Gasteiger partial charge in [0.25, 0.3) is 11.8 Å². The highest BCUT2D eigenvalue weighted by Crippen LogP contribution is 2.33. The molecule has 0 radical (unpaired) electrons. The zero-order chi connectivity index (χ0) is 22.0. The van der Waals surface area contributed by atoms with Crippen LogP contribution in [0.5, 0.6) is 5.75 Å². The molecule has 1 aliphatic rings. The summed E-state index contributed by atoms with van der Waals surface area (Å²) in [5.74, 6) is -0.0530. The Balaban J connectivity index is 1.77. The minimum absolute atomic E-state index is 0.192. The summed E-state index contributed by atoms with van der Waals surface area (Å²) in [4.78, 5) is 28.0. The van der Waals surface area contributed by atoms with Gasteiger partial charge in [0.05, 0.1) is 19.2 Å². The maximum absolute atomic E-state index is 13.4. The van der Waals surface area contributed by atoms with Gasteiger partial charge in [0, 0.05) is 10.7 Å². The second-order valence-electron chi connectivity index (χ2n) is 7.24. The lowest BCUT2D eigenvalue weighted by molar-refractivity contribution is -0.137. The molecule has 2 amide bonds. The predicted molar refractivity (Wildman–Crippen MR) is 122 cm³/mol. The number of carbonyl (C=O) groups is 2. The minimum Gasteiger partial charge on any atom is -0.497 e. The summed E-state index contributed by atoms with van der Waals surface area (Å²) in [6.07, 6.45) is 0. The van der Waals surface area contributed by atoms with E-state index in [-0.39, 0.29) is 24.1 Å². The smallest absolute Gasteiger partial charge is 0.278 e. The summed E-state index contributed by atoms with van der Waals surface area (Å²) in [6, 6.07) is 21.9. The van der Waals surface area contributed by atoms with Crippen LogP contribution in [-0.2, 0) is 16.1 Å². The van der Waals surface area contributed by atoms with Crippen molar-refractivity contribution in [1.29, 1.82) is 0 Å². The van der Waals surface area contributed by atoms with E-state index in [0.29, 0.717) is 27.6 Å². The van der Waals surface area contributed by atoms with Crippen LogP contribution in [0.25, 0.3) is 5.57 Å². The summed E-state index contributed by atoms with van der Waals surface area (Å²) in [5.41, 5.74) is 3.65. The number of aryl methyl sites for hydroxylation is 1. The van der Waals surface area contributed by atoms with E-state index in [9.17, 15) is 9.59 Å². The van der Waals surface area contributed by atoms with E-state index in [1.807, 2.05) is 43.3 Å². The highest BCUT2D eigenvalue weighted by atomic mass is 35.5. The van der Waals surface area contributed by atoms with Gasteiger partial charge in [0.15, 0.2) is 0 Å². The number of hydrogen-bond acceptors (Lipinski definition) is 4. The molecule has 3 aromatic carbocycles. The molecular formula is C25H21ClN2O3. The number of ether oxygens (including phenoxy) is 1. The SMILES string of the molecule is COc1ccc(C2=C(Nc3cc(Cl)ccc3C)C(=O)N(Cc3ccccc3)C2=O)cc1. The van der Waals surface area contributed by atoms with Crippen LogP contribution in [0, 0.1) is 6.92 Å². The van der Waals surface area contributed by atoms with Crippen LogP contribution >= 0.6 is 11.6 Å². The average Bonchev–Trinajstić information content (AvgIpc) is 3.01. The number of benzene rings is 3. The number of halogens is 1. The highest BCUT2D eigenvalue weighted by Gasteiger charge is 2.39. The van der Waals surface area contributed by atoms with Gasteiger partial charge >= 0.3 is 0 Å². The minimum atomic E-state index is -0.376. The molecule has 1 heterocycles. The molecule has 156 valence electrons. The third-order valence-electron chi connectivity index (χ3n) is 5.19. The van der Waals surface area contributed by atoms with Gasteiger partial charge in [-0.15, -0.1) is 0 Å². The molecule has 0 atom stereocenters. The van der Waals surface area contributed by atoms with Crippen molar-refractivity contribution in [3.8, 4) is 5.75 Å². The standard InChI is InChI=1S/C25H21ClN2O3/c1-16-8-11-19(26)14-21(16)27-23-22(18-9-12-20(31-2)13-10-18)24(29)28(25(23)30)15-17-6-4-3-5-7-17/h3-14,27H,15H2,1-2H3. The highest BCUT2D eigenvalue weighted by molar-refractivity contribution is 6.36. The van der Waals surface area contributed by atoms with Crippen molar-refractivity contribution in [2.24, 2.45) is 0 Å². The Kier molecular flexibility index (Phi) is 5.78. The largest absolute Gasteiger partial charge is 0.497 e. The van der Waals surface area contributed by atoms with Crippen LogP contribution < -0.4 is 10.1 Å². The first kappa shape index (κ1) is 20.7. The van der Waals surface area contributed by atoms with Crippen molar-refractivity contribution >= 4 is 34.7 Å². The number of amides is 2. The monoisotopic (exact) mass is 432 g/mol. The van der Waals surface area contributed by atoms with Crippen LogP contribution in [0.2, 0.25) is 5.02 Å². The average molecular weight is 433 g/mol. The van der Waals surface area contributed by atoms with Crippen LogP contribution in [0.15, 0.2) is 78.5 Å². The van der Waals surface area contributed by atoms with Crippen molar-refractivity contribution in [3.63, 3.8) is 0 Å². The molecule has 1 aliphatic heterocycles. The summed E-state index contributed by atoms with van der Waals surface area (Å²) in [7, 11) is 1.58. The van der Waals surface area contributed by atoms with E-state index in [1.54, 1.807) is 43.5 Å². The van der Waals surface area contributed by atoms with Crippen LogP contribution in [0.3, 0.4) is 0 Å². The first-order valence-electron chi connectivity index (χ1n) is 9.80. The van der Waals surface area contributed by atoms with Crippen molar-refractivity contribution in [2.45, 2.75) is 13.5 Å². The van der Waals surface area contributed by atoms with Crippen LogP contribution in [-0.4, -0.2) is 23.8 Å². The molecule has 1 N–H and O–H groups in total. The Bertz CT molecular complexity index is 1170. The first-order chi connectivity index (χ1) is 15.0. The molecule has 0 spiro atoms. The molecule has 3 aromatic rings. The lowest BCUT2D eigenvalue weighted by Crippen LogP contribution is -2.32. The van der Waals surface area contributed by atoms with Crippen molar-refractivity contribution in [2.75, 3.05) is 12.4 Å². The fourth-order valence-electron chi connectivity index (χ4n) is 3.49. The van der Waals surface area contributed by atoms with Gasteiger partial charge in [0.1, 0.15) is 11.4 Å². The topological polar surface area (TPSA) is 58.6 Å². The summed E-state index contributed by atoms with van der Waals surface area (Å²) >= 11 is 6.16. The van der Waals surface area contributed by atoms with Crippen molar-refractivity contribution in [1.82, 2.24) is 4.90 Å². The van der Waals surface area contributed by atoms with E-state index in [0.717, 1.165) is 11.1 Å². The molecule has 6 heteroatoms. The summed E-state index contributed by atoms with van der Waals surface area (Å²) < 4.78 is 5.22. The number of nitrogens with one attached hydrogen (secondary N) is 1. The second-order valence-corrected chi connectivity index (χ2v) is 7.68. The molecule has 5 nitrogen and oxygen atoms in total. The molecule has 0 aliphatic carbocycles. The van der Waals surface area contributed by atoms with Crippen molar-refractivity contribution < 1.29 is 14.3 Å². The number of carbonyl (C=O) groups excluding carboxylic acids is 2. The summed E-state index contributed by atoms with van der Waals surface area (Å²) in [5, 5.41) is 3.71. The molecule has 0 aromatic heterocycles. The fourth-order valence-corrected chi connectivity index (χ4v) is 3.66. The molecule has 0 bridgehead atoms. The maximum atomic E-state index is 13.4. The molecule has 0 saturated carbocycles. The Hall–Kier alpha value is -3.57. The molecule has 4 rings (SSSR count). The first-order valence-corrected chi connectivity index (χ1v) is 10.2. The Morgan fingerprint density at radius 1 is 0.935 bits per heavy atom. The van der Waals surface area contributed by atoms with Gasteiger partial charge in [-0.1, -0.05) is 60.1 Å². The second kappa shape index (κ2) is 8.66. The quantitative estimate of drug-likeness (QED) is 0.554. The number of methoxy groups -OCH3 is 1. The van der Waals surface area contributed by atoms with Crippen LogP contribution in [0.4, 0.5) is 5.69 Å². The normalized spacial score (nSPS) is 13.7. The lowest BCUT2D eigenvalue weighted by Gasteiger charge is -2.16. The molecule has 0 fully saturated rings. The van der Waals surface area contributed by atoms with E-state index in [2.05, 4.69) is 5.32 Å². The lowest BCUT2D eigenvalue weighted by atomic mass is 10.0. The van der Waals surface area contributed by atoms with E-state index >= 15 is 0 Å². The number of anilines is 1. The summed E-state index contributed by atoms with van der Waals surface area (Å²) in [6.45, 7) is 2.10. The number of hydrogen-bond donors (Lipinski definition) is 1. The number of nitrogens with zero attached hydrogens (tertiary/aromatic N) is 1. The fraction of sp³-hybridized carbons (Fsp3) is 0.120. The van der Waals surface area contributed by atoms with E-state index in [4.69, 9.17) is 16.3 Å². The van der Waals surface area contributed by atoms with Gasteiger partial charge in [0.2, 0.25) is 0 Å².